The molecule has 0 unspecified atom stereocenters. The van der Waals surface area contributed by atoms with Gasteiger partial charge in [0.2, 0.25) is 11.6 Å². The fourth-order valence-corrected chi connectivity index (χ4v) is 6.16. The summed E-state index contributed by atoms with van der Waals surface area (Å²) in [6, 6.07) is 11.5. The average molecular weight is 531 g/mol. The van der Waals surface area contributed by atoms with E-state index in [1.54, 1.807) is 19.2 Å². The molecule has 1 saturated heterocycles. The van der Waals surface area contributed by atoms with Crippen LogP contribution in [0.5, 0.6) is 0 Å². The predicted octanol–water partition coefficient (Wildman–Crippen LogP) is 2.69. The van der Waals surface area contributed by atoms with Crippen molar-refractivity contribution in [3.8, 4) is 0 Å². The number of nitrogens with zero attached hydrogens (tertiary/aromatic N) is 5. The van der Waals surface area contributed by atoms with Crippen molar-refractivity contribution in [2.75, 3.05) is 38.1 Å². The molecule has 6 rings (SSSR count). The number of carbonyl (C=O) groups excluding carboxylic acids is 1. The Morgan fingerprint density at radius 2 is 2.00 bits per heavy atom. The highest BCUT2D eigenvalue weighted by molar-refractivity contribution is 7.24. The molecule has 5 aromatic rings. The molecule has 194 valence electrons. The lowest BCUT2D eigenvalue weighted by Crippen LogP contribution is -2.33. The normalized spacial score (nSPS) is 14.8. The third kappa shape index (κ3) is 4.23. The smallest absolute Gasteiger partial charge is 0.274 e. The molecule has 1 fully saturated rings. The molecule has 0 saturated carbocycles. The summed E-state index contributed by atoms with van der Waals surface area (Å²) in [5, 5.41) is 3.16. The molecule has 5 heterocycles. The number of nitrogens with one attached hydrogen (secondary N) is 2. The van der Waals surface area contributed by atoms with E-state index in [1.165, 1.54) is 17.5 Å². The van der Waals surface area contributed by atoms with Crippen molar-refractivity contribution in [3.63, 3.8) is 0 Å². The van der Waals surface area contributed by atoms with Crippen LogP contribution in [0, 0.1) is 11.8 Å². The zero-order valence-corrected chi connectivity index (χ0v) is 22.0. The Balaban J connectivity index is 1.49. The van der Waals surface area contributed by atoms with Gasteiger partial charge in [-0.3, -0.25) is 14.0 Å². The van der Waals surface area contributed by atoms with Crippen LogP contribution in [0.25, 0.3) is 26.1 Å². The molecule has 11 heteroatoms. The molecule has 0 spiro atoms. The summed E-state index contributed by atoms with van der Waals surface area (Å²) in [4.78, 5) is 52.5. The Morgan fingerprint density at radius 3 is 2.84 bits per heavy atom. The third-order valence-corrected chi connectivity index (χ3v) is 8.18. The van der Waals surface area contributed by atoms with Crippen molar-refractivity contribution in [2.45, 2.75) is 19.9 Å². The van der Waals surface area contributed by atoms with Gasteiger partial charge in [-0.05, 0) is 51.2 Å². The van der Waals surface area contributed by atoms with Crippen LogP contribution in [0.1, 0.15) is 28.2 Å². The second kappa shape index (κ2) is 9.66. The van der Waals surface area contributed by atoms with Crippen LogP contribution in [0.2, 0.25) is 0 Å². The Bertz CT molecular complexity index is 1820. The monoisotopic (exact) mass is 530 g/mol. The van der Waals surface area contributed by atoms with Crippen LogP contribution in [0.4, 0.5) is 5.82 Å². The van der Waals surface area contributed by atoms with Crippen molar-refractivity contribution in [2.24, 2.45) is 0 Å². The summed E-state index contributed by atoms with van der Waals surface area (Å²) in [5.41, 5.74) is 2.15. The van der Waals surface area contributed by atoms with E-state index in [0.717, 1.165) is 48.6 Å². The van der Waals surface area contributed by atoms with E-state index in [-0.39, 0.29) is 17.5 Å². The van der Waals surface area contributed by atoms with Crippen LogP contribution < -0.4 is 20.1 Å². The van der Waals surface area contributed by atoms with Crippen molar-refractivity contribution < 1.29 is 9.22 Å². The van der Waals surface area contributed by atoms with Gasteiger partial charge in [-0.1, -0.05) is 12.1 Å². The van der Waals surface area contributed by atoms with Gasteiger partial charge in [0.05, 0.1) is 31.9 Å². The minimum absolute atomic E-state index is 0.0196. The van der Waals surface area contributed by atoms with Crippen molar-refractivity contribution in [3.05, 3.63) is 80.9 Å². The first-order chi connectivity index (χ1) is 18.4. The number of thiazole rings is 1. The number of hydrogen-bond donors (Lipinski definition) is 2. The summed E-state index contributed by atoms with van der Waals surface area (Å²) in [6.07, 6.45) is 3.99. The molecule has 10 nitrogen and oxygen atoms in total. The molecule has 0 atom stereocenters. The fourth-order valence-electron chi connectivity index (χ4n) is 4.98. The molecule has 1 aromatic carbocycles. The number of hydrogen-bond acceptors (Lipinski definition) is 7. The first kappa shape index (κ1) is 24.3. The number of H-pyrrole nitrogens is 1. The second-order valence-electron chi connectivity index (χ2n) is 9.70. The van der Waals surface area contributed by atoms with E-state index in [0.29, 0.717) is 31.7 Å². The van der Waals surface area contributed by atoms with Crippen molar-refractivity contribution in [1.29, 1.82) is 0 Å². The highest BCUT2D eigenvalue weighted by Crippen LogP contribution is 2.31. The number of fused-ring (bicyclic) bond motifs is 5. The van der Waals surface area contributed by atoms with E-state index in [9.17, 15) is 14.5 Å². The number of aromatic nitrogens is 4. The van der Waals surface area contributed by atoms with Gasteiger partial charge >= 0.3 is 0 Å². The molecule has 1 aliphatic heterocycles. The summed E-state index contributed by atoms with van der Waals surface area (Å²) in [7, 11) is 2.12. The molecular weight excluding hydrogens is 502 g/mol. The quantitative estimate of drug-likeness (QED) is 0.346. The molecular formula is C27H28N7O3S+. The number of carbonyl (C=O) groups is 1. The topological polar surface area (TPSA) is 109 Å². The van der Waals surface area contributed by atoms with Crippen molar-refractivity contribution in [1.82, 2.24) is 24.6 Å². The molecule has 2 N–H and O–H groups in total. The Hall–Kier alpha value is -4.09. The van der Waals surface area contributed by atoms with Crippen LogP contribution in [-0.4, -0.2) is 58.4 Å². The minimum Gasteiger partial charge on any atom is -0.355 e. The zero-order chi connectivity index (χ0) is 26.4. The van der Waals surface area contributed by atoms with Gasteiger partial charge in [0.25, 0.3) is 11.6 Å². The second-order valence-corrected chi connectivity index (χ2v) is 10.7. The standard InChI is InChI=1S/C27H27N7O3S/c1-17-16-33(37)18(14-28-17)15-29-26(36)23-24(35)19-8-9-22(32-11-5-10-31(2)12-13-32)30-25(19)34-20-6-3-4-7-21(20)38-27(23)34/h3-4,6-9,14,16H,5,10-13,15H2,1-2H3,(H-,28,29,36,37)/p+1. The number of anilines is 1. The number of para-hydroxylation sites is 1. The largest absolute Gasteiger partial charge is 0.355 e. The van der Waals surface area contributed by atoms with Gasteiger partial charge in [0.1, 0.15) is 22.8 Å². The average Bonchev–Trinajstić information content (AvgIpc) is 3.15. The molecule has 1 aliphatic rings. The maximum absolute atomic E-state index is 13.8. The van der Waals surface area contributed by atoms with Crippen molar-refractivity contribution >= 4 is 49.1 Å². The van der Waals surface area contributed by atoms with Crippen LogP contribution in [0.3, 0.4) is 0 Å². The molecule has 38 heavy (non-hydrogen) atoms. The Labute approximate surface area is 221 Å². The number of benzene rings is 1. The molecule has 0 aliphatic carbocycles. The number of aromatic amines is 1. The highest BCUT2D eigenvalue weighted by atomic mass is 32.1. The van der Waals surface area contributed by atoms with E-state index >= 15 is 0 Å². The van der Waals surface area contributed by atoms with E-state index in [4.69, 9.17) is 4.98 Å². The molecule has 0 bridgehead atoms. The maximum Gasteiger partial charge on any atom is 0.274 e. The first-order valence-corrected chi connectivity index (χ1v) is 13.4. The van der Waals surface area contributed by atoms with Gasteiger partial charge in [0, 0.05) is 24.5 Å². The van der Waals surface area contributed by atoms with Gasteiger partial charge < -0.3 is 20.1 Å². The minimum atomic E-state index is -0.527. The molecule has 0 radical (unpaired) electrons. The third-order valence-electron chi connectivity index (χ3n) is 7.03. The lowest BCUT2D eigenvalue weighted by molar-refractivity contribution is -0.506. The summed E-state index contributed by atoms with van der Waals surface area (Å²) < 4.78 is 3.58. The lowest BCUT2D eigenvalue weighted by atomic mass is 10.1. The lowest BCUT2D eigenvalue weighted by Gasteiger charge is -2.22. The Morgan fingerprint density at radius 1 is 1.16 bits per heavy atom. The van der Waals surface area contributed by atoms with Gasteiger partial charge in [0.15, 0.2) is 5.65 Å². The Kier molecular flexibility index (Phi) is 6.16. The predicted molar refractivity (Wildman–Crippen MR) is 149 cm³/mol. The maximum atomic E-state index is 13.8. The summed E-state index contributed by atoms with van der Waals surface area (Å²) in [6.45, 7) is 5.48. The SMILES string of the molecule is Cc1c[n+](=O)c(CNC(=O)c2c(=O)c3ccc(N4CCCN(C)CC4)nc3n3c2sc2ccccc23)c[nH]1. The first-order valence-electron chi connectivity index (χ1n) is 12.6. The number of pyridine rings is 2. The van der Waals surface area contributed by atoms with Crippen LogP contribution in [-0.2, 0) is 6.54 Å². The van der Waals surface area contributed by atoms with Crippen LogP contribution >= 0.6 is 11.3 Å². The number of likely N-dealkylation sites (N-methyl/N-ethyl adjacent to an activating group) is 1. The molecule has 1 amide bonds. The summed E-state index contributed by atoms with van der Waals surface area (Å²) >= 11 is 1.39. The van der Waals surface area contributed by atoms with Gasteiger partial charge in [-0.2, -0.15) is 0 Å². The molecule has 4 aromatic heterocycles. The number of aryl methyl sites for hydroxylation is 1. The van der Waals surface area contributed by atoms with E-state index < -0.39 is 5.91 Å². The van der Waals surface area contributed by atoms with E-state index in [2.05, 4.69) is 27.1 Å². The van der Waals surface area contributed by atoms with E-state index in [1.807, 2.05) is 34.7 Å². The number of rotatable bonds is 4. The number of amides is 1. The fraction of sp³-hybridized carbons (Fsp3) is 0.296. The van der Waals surface area contributed by atoms with Gasteiger partial charge in [-0.15, -0.1) is 11.3 Å². The zero-order valence-electron chi connectivity index (χ0n) is 21.2. The summed E-state index contributed by atoms with van der Waals surface area (Å²) in [5.74, 6) is 0.297. The van der Waals surface area contributed by atoms with Gasteiger partial charge in [-0.25, -0.2) is 4.98 Å². The van der Waals surface area contributed by atoms with Crippen LogP contribution in [0.15, 0.2) is 53.6 Å². The highest BCUT2D eigenvalue weighted by Gasteiger charge is 2.24.